The Morgan fingerprint density at radius 1 is 1.08 bits per heavy atom. The molecule has 0 aliphatic carbocycles. The molecule has 0 atom stereocenters. The summed E-state index contributed by atoms with van der Waals surface area (Å²) in [6.45, 7) is 4.43. The molecular formula is C20H22N4O. The van der Waals surface area contributed by atoms with E-state index >= 15 is 0 Å². The van der Waals surface area contributed by atoms with E-state index in [0.29, 0.717) is 11.7 Å². The molecule has 0 bridgehead atoms. The first-order valence-electron chi connectivity index (χ1n) is 8.36. The van der Waals surface area contributed by atoms with Gasteiger partial charge < -0.3 is 10.6 Å². The van der Waals surface area contributed by atoms with Gasteiger partial charge in [0, 0.05) is 18.0 Å². The van der Waals surface area contributed by atoms with E-state index in [1.54, 1.807) is 4.68 Å². The lowest BCUT2D eigenvalue weighted by molar-refractivity contribution is -0.114. The number of anilines is 2. The Kier molecular flexibility index (Phi) is 5.14. The molecule has 1 amide bonds. The molecule has 5 heteroatoms. The Morgan fingerprint density at radius 3 is 2.64 bits per heavy atom. The highest BCUT2D eigenvalue weighted by Crippen LogP contribution is 2.18. The molecule has 25 heavy (non-hydrogen) atoms. The highest BCUT2D eigenvalue weighted by molar-refractivity contribution is 5.93. The minimum Gasteiger partial charge on any atom is -0.360 e. The highest BCUT2D eigenvalue weighted by atomic mass is 16.1. The fraction of sp³-hybridized carbons (Fsp3) is 0.200. The van der Waals surface area contributed by atoms with Crippen molar-refractivity contribution in [1.82, 2.24) is 9.78 Å². The minimum absolute atomic E-state index is 0.102. The lowest BCUT2D eigenvalue weighted by Crippen LogP contribution is -2.22. The van der Waals surface area contributed by atoms with Crippen LogP contribution in [0, 0.1) is 0 Å². The zero-order valence-corrected chi connectivity index (χ0v) is 14.4. The smallest absolute Gasteiger partial charge is 0.243 e. The Labute approximate surface area is 147 Å². The van der Waals surface area contributed by atoms with Crippen molar-refractivity contribution in [2.45, 2.75) is 19.8 Å². The molecule has 1 aromatic heterocycles. The molecular weight excluding hydrogens is 312 g/mol. The second-order valence-corrected chi connectivity index (χ2v) is 6.16. The van der Waals surface area contributed by atoms with Crippen LogP contribution < -0.4 is 10.6 Å². The van der Waals surface area contributed by atoms with Gasteiger partial charge in [-0.25, -0.2) is 4.68 Å². The number of nitrogens with zero attached hydrogens (tertiary/aromatic N) is 2. The number of hydrogen-bond donors (Lipinski definition) is 2. The molecule has 2 N–H and O–H groups in total. The summed E-state index contributed by atoms with van der Waals surface area (Å²) in [6.07, 6.45) is 1.86. The number of carbonyl (C=O) groups is 1. The number of carbonyl (C=O) groups excluding carboxylic acids is 1. The Morgan fingerprint density at radius 2 is 1.88 bits per heavy atom. The number of benzene rings is 2. The normalized spacial score (nSPS) is 10.7. The zero-order chi connectivity index (χ0) is 17.6. The van der Waals surface area contributed by atoms with Gasteiger partial charge in [0.05, 0.1) is 12.2 Å². The van der Waals surface area contributed by atoms with Crippen LogP contribution in [0.5, 0.6) is 0 Å². The van der Waals surface area contributed by atoms with Gasteiger partial charge in [0.25, 0.3) is 0 Å². The second-order valence-electron chi connectivity index (χ2n) is 6.16. The van der Waals surface area contributed by atoms with Crippen LogP contribution in [0.4, 0.5) is 11.5 Å². The van der Waals surface area contributed by atoms with Gasteiger partial charge in [-0.15, -0.1) is 0 Å². The lowest BCUT2D eigenvalue weighted by Gasteiger charge is -2.10. The van der Waals surface area contributed by atoms with Crippen LogP contribution in [0.15, 0.2) is 66.9 Å². The van der Waals surface area contributed by atoms with E-state index in [2.05, 4.69) is 35.6 Å². The highest BCUT2D eigenvalue weighted by Gasteiger charge is 2.06. The van der Waals surface area contributed by atoms with Crippen LogP contribution in [-0.2, 0) is 4.79 Å². The molecule has 0 aliphatic rings. The average Bonchev–Trinajstić information content (AvgIpc) is 3.10. The summed E-state index contributed by atoms with van der Waals surface area (Å²) >= 11 is 0. The van der Waals surface area contributed by atoms with Gasteiger partial charge in [0.2, 0.25) is 5.91 Å². The standard InChI is InChI=1S/C20H22N4O/c1-15(2)16-7-6-8-17(13-16)22-20(25)14-21-19-11-12-24(23-19)18-9-4-3-5-10-18/h3-13,15H,14H2,1-2H3,(H,21,23)(H,22,25). The fourth-order valence-corrected chi connectivity index (χ4v) is 2.49. The first-order valence-corrected chi connectivity index (χ1v) is 8.36. The second kappa shape index (κ2) is 7.66. The van der Waals surface area contributed by atoms with Crippen molar-refractivity contribution >= 4 is 17.4 Å². The van der Waals surface area contributed by atoms with E-state index in [0.717, 1.165) is 11.4 Å². The van der Waals surface area contributed by atoms with Crippen LogP contribution in [0.2, 0.25) is 0 Å². The zero-order valence-electron chi connectivity index (χ0n) is 14.4. The topological polar surface area (TPSA) is 59.0 Å². The lowest BCUT2D eigenvalue weighted by atomic mass is 10.0. The third-order valence-electron chi connectivity index (χ3n) is 3.88. The molecule has 0 fully saturated rings. The quantitative estimate of drug-likeness (QED) is 0.715. The first-order chi connectivity index (χ1) is 12.1. The maximum atomic E-state index is 12.1. The van der Waals surface area contributed by atoms with Gasteiger partial charge in [-0.1, -0.05) is 44.2 Å². The molecule has 128 valence electrons. The SMILES string of the molecule is CC(C)c1cccc(NC(=O)CNc2ccn(-c3ccccc3)n2)c1. The van der Waals surface area contributed by atoms with Crippen LogP contribution in [0.3, 0.4) is 0 Å². The van der Waals surface area contributed by atoms with Crippen molar-refractivity contribution in [3.63, 3.8) is 0 Å². The summed E-state index contributed by atoms with van der Waals surface area (Å²) in [6, 6.07) is 19.6. The summed E-state index contributed by atoms with van der Waals surface area (Å²) in [5.74, 6) is 0.988. The van der Waals surface area contributed by atoms with Crippen LogP contribution in [0.1, 0.15) is 25.3 Å². The van der Waals surface area contributed by atoms with Crippen molar-refractivity contribution in [2.24, 2.45) is 0 Å². The molecule has 3 aromatic rings. The Hall–Kier alpha value is -3.08. The van der Waals surface area contributed by atoms with Crippen molar-refractivity contribution in [2.75, 3.05) is 17.2 Å². The van der Waals surface area contributed by atoms with Crippen LogP contribution >= 0.6 is 0 Å². The van der Waals surface area contributed by atoms with Crippen molar-refractivity contribution < 1.29 is 4.79 Å². The van der Waals surface area contributed by atoms with Crippen LogP contribution in [0.25, 0.3) is 5.69 Å². The predicted molar refractivity (Wildman–Crippen MR) is 101 cm³/mol. The number of nitrogens with one attached hydrogen (secondary N) is 2. The molecule has 3 rings (SSSR count). The van der Waals surface area contributed by atoms with Gasteiger partial charge in [0.15, 0.2) is 0 Å². The van der Waals surface area contributed by atoms with E-state index in [-0.39, 0.29) is 12.5 Å². The van der Waals surface area contributed by atoms with Crippen molar-refractivity contribution in [1.29, 1.82) is 0 Å². The number of aromatic nitrogens is 2. The molecule has 0 unspecified atom stereocenters. The van der Waals surface area contributed by atoms with E-state index in [4.69, 9.17) is 0 Å². The predicted octanol–water partition coefficient (Wildman–Crippen LogP) is 4.05. The van der Waals surface area contributed by atoms with Gasteiger partial charge in [-0.05, 0) is 35.7 Å². The van der Waals surface area contributed by atoms with Crippen molar-refractivity contribution in [3.05, 3.63) is 72.4 Å². The van der Waals surface area contributed by atoms with E-state index in [1.807, 2.05) is 60.8 Å². The third-order valence-corrected chi connectivity index (χ3v) is 3.88. The summed E-state index contributed by atoms with van der Waals surface area (Å²) in [5, 5.41) is 10.4. The number of para-hydroxylation sites is 1. The first kappa shape index (κ1) is 16.8. The molecule has 5 nitrogen and oxygen atoms in total. The van der Waals surface area contributed by atoms with Gasteiger partial charge in [-0.3, -0.25) is 4.79 Å². The Bertz CT molecular complexity index is 840. The molecule has 0 aliphatic heterocycles. The van der Waals surface area contributed by atoms with E-state index in [9.17, 15) is 4.79 Å². The molecule has 2 aromatic carbocycles. The third kappa shape index (κ3) is 4.47. The van der Waals surface area contributed by atoms with E-state index < -0.39 is 0 Å². The number of hydrogen-bond acceptors (Lipinski definition) is 3. The largest absolute Gasteiger partial charge is 0.360 e. The summed E-state index contributed by atoms with van der Waals surface area (Å²) < 4.78 is 1.77. The van der Waals surface area contributed by atoms with Gasteiger partial charge >= 0.3 is 0 Å². The average molecular weight is 334 g/mol. The molecule has 1 heterocycles. The van der Waals surface area contributed by atoms with Gasteiger partial charge in [-0.2, -0.15) is 5.10 Å². The summed E-state index contributed by atoms with van der Waals surface area (Å²) in [5.41, 5.74) is 2.99. The maximum absolute atomic E-state index is 12.1. The molecule has 0 saturated heterocycles. The van der Waals surface area contributed by atoms with Crippen LogP contribution in [-0.4, -0.2) is 22.2 Å². The summed E-state index contributed by atoms with van der Waals surface area (Å²) in [7, 11) is 0. The van der Waals surface area contributed by atoms with Crippen molar-refractivity contribution in [3.8, 4) is 5.69 Å². The number of rotatable bonds is 6. The maximum Gasteiger partial charge on any atom is 0.243 e. The molecule has 0 spiro atoms. The molecule has 0 saturated carbocycles. The molecule has 0 radical (unpaired) electrons. The summed E-state index contributed by atoms with van der Waals surface area (Å²) in [4.78, 5) is 12.1. The Balaban J connectivity index is 1.56. The van der Waals surface area contributed by atoms with Gasteiger partial charge in [0.1, 0.15) is 5.82 Å². The minimum atomic E-state index is -0.102. The number of amides is 1. The monoisotopic (exact) mass is 334 g/mol. The van der Waals surface area contributed by atoms with E-state index in [1.165, 1.54) is 5.56 Å². The fourth-order valence-electron chi connectivity index (χ4n) is 2.49.